The van der Waals surface area contributed by atoms with Crippen LogP contribution in [0.1, 0.15) is 18.4 Å². The zero-order valence-electron chi connectivity index (χ0n) is 9.86. The number of alkyl halides is 4. The van der Waals surface area contributed by atoms with Crippen LogP contribution in [-0.2, 0) is 0 Å². The molecule has 0 atom stereocenters. The van der Waals surface area contributed by atoms with Crippen molar-refractivity contribution in [3.8, 4) is 17.6 Å². The highest BCUT2D eigenvalue weighted by molar-refractivity contribution is 6.19. The molecule has 1 nitrogen and oxygen atoms in total. The molecule has 0 radical (unpaired) electrons. The van der Waals surface area contributed by atoms with Gasteiger partial charge in [0.25, 0.3) is 0 Å². The van der Waals surface area contributed by atoms with Crippen LogP contribution in [0.15, 0.2) is 18.2 Å². The van der Waals surface area contributed by atoms with E-state index in [4.69, 9.17) is 16.3 Å². The average Bonchev–Trinajstić information content (AvgIpc) is 2.32. The average molecular weight is 295 g/mol. The van der Waals surface area contributed by atoms with Gasteiger partial charge >= 0.3 is 6.18 Å². The molecule has 0 fully saturated rings. The Morgan fingerprint density at radius 2 is 2.00 bits per heavy atom. The Kier molecular flexibility index (Phi) is 5.97. The minimum atomic E-state index is -4.20. The van der Waals surface area contributed by atoms with Gasteiger partial charge in [0, 0.05) is 6.42 Å². The maximum absolute atomic E-state index is 13.0. The maximum atomic E-state index is 13.0. The van der Waals surface area contributed by atoms with Crippen LogP contribution in [0.3, 0.4) is 0 Å². The molecule has 0 aromatic heterocycles. The van der Waals surface area contributed by atoms with Gasteiger partial charge in [0.1, 0.15) is 11.6 Å². The number of hydrogen-bond acceptors (Lipinski definition) is 1. The Morgan fingerprint density at radius 1 is 1.26 bits per heavy atom. The second kappa shape index (κ2) is 7.25. The number of benzene rings is 1. The molecule has 0 aliphatic heterocycles. The van der Waals surface area contributed by atoms with E-state index in [0.717, 1.165) is 12.1 Å². The fourth-order valence-electron chi connectivity index (χ4n) is 1.31. The van der Waals surface area contributed by atoms with E-state index in [1.165, 1.54) is 6.07 Å². The van der Waals surface area contributed by atoms with E-state index in [1.54, 1.807) is 0 Å². The molecular formula is C13H11ClF4O. The second-order valence-corrected chi connectivity index (χ2v) is 3.91. The van der Waals surface area contributed by atoms with Gasteiger partial charge in [-0.15, -0.1) is 11.6 Å². The third-order valence-electron chi connectivity index (χ3n) is 2.09. The Bertz CT molecular complexity index is 474. The fourth-order valence-corrected chi connectivity index (χ4v) is 1.38. The van der Waals surface area contributed by atoms with Gasteiger partial charge in [-0.3, -0.25) is 0 Å². The summed E-state index contributed by atoms with van der Waals surface area (Å²) in [4.78, 5) is 0. The van der Waals surface area contributed by atoms with Crippen molar-refractivity contribution < 1.29 is 22.3 Å². The first-order chi connectivity index (χ1) is 8.92. The molecule has 104 valence electrons. The molecule has 0 amide bonds. The Labute approximate surface area is 113 Å². The molecule has 0 unspecified atom stereocenters. The molecule has 0 heterocycles. The molecule has 0 saturated heterocycles. The quantitative estimate of drug-likeness (QED) is 0.351. The number of rotatable bonds is 4. The van der Waals surface area contributed by atoms with Crippen LogP contribution in [0.25, 0.3) is 0 Å². The van der Waals surface area contributed by atoms with Gasteiger partial charge < -0.3 is 4.74 Å². The van der Waals surface area contributed by atoms with Crippen LogP contribution in [0.2, 0.25) is 0 Å². The van der Waals surface area contributed by atoms with Crippen LogP contribution < -0.4 is 4.74 Å². The van der Waals surface area contributed by atoms with Gasteiger partial charge in [-0.25, -0.2) is 4.39 Å². The Morgan fingerprint density at radius 3 is 2.63 bits per heavy atom. The highest BCUT2D eigenvalue weighted by atomic mass is 35.5. The van der Waals surface area contributed by atoms with Gasteiger partial charge in [0.05, 0.1) is 18.1 Å². The summed E-state index contributed by atoms with van der Waals surface area (Å²) in [6.07, 6.45) is -5.28. The van der Waals surface area contributed by atoms with Gasteiger partial charge in [0.15, 0.2) is 0 Å². The maximum Gasteiger partial charge on any atom is 0.389 e. The van der Waals surface area contributed by atoms with Crippen LogP contribution in [0.5, 0.6) is 5.75 Å². The zero-order chi connectivity index (χ0) is 14.3. The van der Waals surface area contributed by atoms with Gasteiger partial charge in [-0.1, -0.05) is 11.8 Å². The molecule has 19 heavy (non-hydrogen) atoms. The van der Waals surface area contributed by atoms with E-state index in [1.807, 2.05) is 0 Å². The lowest BCUT2D eigenvalue weighted by Gasteiger charge is -2.09. The summed E-state index contributed by atoms with van der Waals surface area (Å²) < 4.78 is 54.0. The molecule has 0 aliphatic rings. The van der Waals surface area contributed by atoms with Crippen molar-refractivity contribution in [1.29, 1.82) is 0 Å². The van der Waals surface area contributed by atoms with Crippen LogP contribution in [-0.4, -0.2) is 18.7 Å². The number of halogens is 5. The lowest BCUT2D eigenvalue weighted by molar-refractivity contribution is -0.136. The second-order valence-electron chi connectivity index (χ2n) is 3.64. The molecule has 1 aromatic rings. The third kappa shape index (κ3) is 6.35. The van der Waals surface area contributed by atoms with Crippen molar-refractivity contribution in [2.24, 2.45) is 0 Å². The Hall–Kier alpha value is -1.41. The first kappa shape index (κ1) is 15.6. The third-order valence-corrected chi connectivity index (χ3v) is 2.23. The lowest BCUT2D eigenvalue weighted by Crippen LogP contribution is -2.10. The normalized spacial score (nSPS) is 10.8. The van der Waals surface area contributed by atoms with E-state index < -0.39 is 18.4 Å². The Balaban J connectivity index is 2.62. The summed E-state index contributed by atoms with van der Waals surface area (Å²) in [5.74, 6) is 4.95. The van der Waals surface area contributed by atoms with Crippen LogP contribution >= 0.6 is 11.6 Å². The van der Waals surface area contributed by atoms with Crippen molar-refractivity contribution in [3.63, 3.8) is 0 Å². The van der Waals surface area contributed by atoms with Crippen molar-refractivity contribution in [2.45, 2.75) is 19.0 Å². The smallest absolute Gasteiger partial charge is 0.389 e. The molecule has 6 heteroatoms. The summed E-state index contributed by atoms with van der Waals surface area (Å²) in [5.41, 5.74) is 0.271. The lowest BCUT2D eigenvalue weighted by atomic mass is 10.2. The molecule has 1 aromatic carbocycles. The van der Waals surface area contributed by atoms with E-state index >= 15 is 0 Å². The zero-order valence-corrected chi connectivity index (χ0v) is 10.6. The topological polar surface area (TPSA) is 9.23 Å². The predicted molar refractivity (Wildman–Crippen MR) is 64.8 cm³/mol. The summed E-state index contributed by atoms with van der Waals surface area (Å²) in [5, 5.41) is 0. The van der Waals surface area contributed by atoms with Crippen LogP contribution in [0, 0.1) is 17.7 Å². The van der Waals surface area contributed by atoms with E-state index in [0.29, 0.717) is 0 Å². The number of ether oxygens (including phenoxy) is 1. The SMILES string of the molecule is Fc1ccc(OCCCC(F)(F)F)c(C#CCCl)c1. The first-order valence-corrected chi connectivity index (χ1v) is 6.00. The molecule has 0 spiro atoms. The minimum Gasteiger partial charge on any atom is -0.492 e. The molecular weight excluding hydrogens is 284 g/mol. The summed E-state index contributed by atoms with van der Waals surface area (Å²) in [6, 6.07) is 3.64. The molecule has 1 rings (SSSR count). The van der Waals surface area contributed by atoms with Gasteiger partial charge in [-0.2, -0.15) is 13.2 Å². The van der Waals surface area contributed by atoms with Crippen molar-refractivity contribution in [3.05, 3.63) is 29.6 Å². The molecule has 0 saturated carbocycles. The van der Waals surface area contributed by atoms with Crippen molar-refractivity contribution in [2.75, 3.05) is 12.5 Å². The van der Waals surface area contributed by atoms with E-state index in [9.17, 15) is 17.6 Å². The molecule has 0 N–H and O–H groups in total. The molecule has 0 bridgehead atoms. The van der Waals surface area contributed by atoms with E-state index in [2.05, 4.69) is 11.8 Å². The summed E-state index contributed by atoms with van der Waals surface area (Å²) in [6.45, 7) is -0.110. The van der Waals surface area contributed by atoms with Crippen LogP contribution in [0.4, 0.5) is 17.6 Å². The monoisotopic (exact) mass is 294 g/mol. The van der Waals surface area contributed by atoms with Gasteiger partial charge in [0.2, 0.25) is 0 Å². The fraction of sp³-hybridized carbons (Fsp3) is 0.385. The van der Waals surface area contributed by atoms with Crippen molar-refractivity contribution in [1.82, 2.24) is 0 Å². The van der Waals surface area contributed by atoms with Gasteiger partial charge in [-0.05, 0) is 24.6 Å². The highest BCUT2D eigenvalue weighted by Crippen LogP contribution is 2.23. The summed E-state index contributed by atoms with van der Waals surface area (Å²) in [7, 11) is 0. The first-order valence-electron chi connectivity index (χ1n) is 5.46. The highest BCUT2D eigenvalue weighted by Gasteiger charge is 2.26. The van der Waals surface area contributed by atoms with Crippen molar-refractivity contribution >= 4 is 11.6 Å². The van der Waals surface area contributed by atoms with E-state index in [-0.39, 0.29) is 30.2 Å². The largest absolute Gasteiger partial charge is 0.492 e. The standard InChI is InChI=1S/C13H11ClF4O/c14-7-1-3-10-9-11(15)4-5-12(10)19-8-2-6-13(16,17)18/h4-5,9H,2,6-8H2. The number of hydrogen-bond donors (Lipinski definition) is 0. The molecule has 0 aliphatic carbocycles. The summed E-state index contributed by atoms with van der Waals surface area (Å²) >= 11 is 5.39. The minimum absolute atomic E-state index is 0.0734. The predicted octanol–water partition coefficient (Wildman–Crippen LogP) is 4.14.